The predicted molar refractivity (Wildman–Crippen MR) is 97.4 cm³/mol. The molecule has 1 N–H and O–H groups in total. The van der Waals surface area contributed by atoms with Crippen LogP contribution < -0.4 is 5.32 Å². The lowest BCUT2D eigenvalue weighted by atomic mass is 10.1. The Morgan fingerprint density at radius 1 is 1.16 bits per heavy atom. The van der Waals surface area contributed by atoms with Gasteiger partial charge in [0.1, 0.15) is 16.8 Å². The van der Waals surface area contributed by atoms with Gasteiger partial charge >= 0.3 is 0 Å². The number of hydrogen-bond donors (Lipinski definition) is 1. The van der Waals surface area contributed by atoms with Crippen molar-refractivity contribution in [2.24, 2.45) is 0 Å². The minimum Gasteiger partial charge on any atom is -0.316 e. The summed E-state index contributed by atoms with van der Waals surface area (Å²) in [7, 11) is -3.70. The molecular formula is C18H18N2O3S2. The van der Waals surface area contributed by atoms with Crippen LogP contribution in [0.5, 0.6) is 0 Å². The molecule has 3 rings (SSSR count). The third-order valence-electron chi connectivity index (χ3n) is 4.21. The first-order valence-electron chi connectivity index (χ1n) is 8.13. The first kappa shape index (κ1) is 17.6. The molecule has 7 heteroatoms. The molecule has 1 heterocycles. The number of aryl methyl sites for hydroxylation is 1. The van der Waals surface area contributed by atoms with E-state index in [9.17, 15) is 18.5 Å². The molecule has 1 aliphatic carbocycles. The highest BCUT2D eigenvalue weighted by Crippen LogP contribution is 2.37. The molecule has 5 nitrogen and oxygen atoms in total. The van der Waals surface area contributed by atoms with Crippen LogP contribution in [0.15, 0.2) is 35.2 Å². The number of benzene rings is 1. The SMILES string of the molecule is N#Cc1c(NC(=O)CS(=O)(=O)c2ccccc2)sc2c1CCCCC2. The van der Waals surface area contributed by atoms with Crippen molar-refractivity contribution in [1.29, 1.82) is 5.26 Å². The third kappa shape index (κ3) is 3.91. The fourth-order valence-corrected chi connectivity index (χ4v) is 5.41. The van der Waals surface area contributed by atoms with Crippen molar-refractivity contribution in [3.05, 3.63) is 46.3 Å². The highest BCUT2D eigenvalue weighted by atomic mass is 32.2. The van der Waals surface area contributed by atoms with Crippen molar-refractivity contribution >= 4 is 32.1 Å². The molecule has 0 aliphatic heterocycles. The number of rotatable bonds is 4. The summed E-state index contributed by atoms with van der Waals surface area (Å²) in [6, 6.07) is 10.1. The normalized spacial score (nSPS) is 14.2. The smallest absolute Gasteiger partial charge is 0.240 e. The van der Waals surface area contributed by atoms with E-state index in [1.165, 1.54) is 23.5 Å². The number of thiophene rings is 1. The Bertz CT molecular complexity index is 925. The van der Waals surface area contributed by atoms with Gasteiger partial charge in [0.15, 0.2) is 9.84 Å². The molecule has 1 aromatic carbocycles. The summed E-state index contributed by atoms with van der Waals surface area (Å²) < 4.78 is 24.6. The van der Waals surface area contributed by atoms with Gasteiger partial charge in [-0.05, 0) is 43.4 Å². The number of carbonyl (C=O) groups excluding carboxylic acids is 1. The first-order valence-corrected chi connectivity index (χ1v) is 10.6. The number of nitrogens with one attached hydrogen (secondary N) is 1. The van der Waals surface area contributed by atoms with Crippen LogP contribution in [0.1, 0.15) is 35.3 Å². The Hall–Kier alpha value is -2.17. The molecule has 0 saturated carbocycles. The lowest BCUT2D eigenvalue weighted by Crippen LogP contribution is -2.23. The van der Waals surface area contributed by atoms with Crippen LogP contribution in [0.2, 0.25) is 0 Å². The number of amides is 1. The van der Waals surface area contributed by atoms with E-state index in [2.05, 4.69) is 11.4 Å². The monoisotopic (exact) mass is 374 g/mol. The van der Waals surface area contributed by atoms with Gasteiger partial charge in [-0.2, -0.15) is 5.26 Å². The second kappa shape index (κ2) is 7.38. The van der Waals surface area contributed by atoms with Crippen molar-refractivity contribution in [3.63, 3.8) is 0 Å². The van der Waals surface area contributed by atoms with Gasteiger partial charge in [0.25, 0.3) is 0 Å². The Balaban J connectivity index is 1.79. The van der Waals surface area contributed by atoms with Gasteiger partial charge in [-0.25, -0.2) is 8.42 Å². The van der Waals surface area contributed by atoms with Gasteiger partial charge in [-0.1, -0.05) is 24.6 Å². The Labute approximate surface area is 151 Å². The fourth-order valence-electron chi connectivity index (χ4n) is 3.00. The molecular weight excluding hydrogens is 356 g/mol. The molecule has 0 unspecified atom stereocenters. The molecule has 130 valence electrons. The Morgan fingerprint density at radius 2 is 1.88 bits per heavy atom. The second-order valence-electron chi connectivity index (χ2n) is 6.00. The maximum absolute atomic E-state index is 12.3. The van der Waals surface area contributed by atoms with Crippen LogP contribution in [-0.4, -0.2) is 20.1 Å². The highest BCUT2D eigenvalue weighted by Gasteiger charge is 2.23. The van der Waals surface area contributed by atoms with Crippen LogP contribution in [0.4, 0.5) is 5.00 Å². The van der Waals surface area contributed by atoms with Gasteiger partial charge in [0.05, 0.1) is 10.5 Å². The van der Waals surface area contributed by atoms with E-state index in [-0.39, 0.29) is 4.90 Å². The van der Waals surface area contributed by atoms with Gasteiger partial charge in [-0.3, -0.25) is 4.79 Å². The molecule has 0 radical (unpaired) electrons. The average molecular weight is 374 g/mol. The molecule has 0 atom stereocenters. The molecule has 0 fully saturated rings. The third-order valence-corrected chi connectivity index (χ3v) is 7.05. The lowest BCUT2D eigenvalue weighted by molar-refractivity contribution is -0.113. The van der Waals surface area contributed by atoms with E-state index in [4.69, 9.17) is 0 Å². The predicted octanol–water partition coefficient (Wildman–Crippen LogP) is 3.30. The van der Waals surface area contributed by atoms with Crippen LogP contribution in [-0.2, 0) is 27.5 Å². The number of hydrogen-bond acceptors (Lipinski definition) is 5. The van der Waals surface area contributed by atoms with Crippen LogP contribution in [0.25, 0.3) is 0 Å². The number of nitrogens with zero attached hydrogens (tertiary/aromatic N) is 1. The number of anilines is 1. The van der Waals surface area contributed by atoms with Crippen molar-refractivity contribution in [2.75, 3.05) is 11.1 Å². The minimum atomic E-state index is -3.70. The number of carbonyl (C=O) groups is 1. The van der Waals surface area contributed by atoms with Crippen molar-refractivity contribution in [3.8, 4) is 6.07 Å². The van der Waals surface area contributed by atoms with Crippen LogP contribution >= 0.6 is 11.3 Å². The maximum Gasteiger partial charge on any atom is 0.240 e. The summed E-state index contributed by atoms with van der Waals surface area (Å²) in [5.41, 5.74) is 1.51. The topological polar surface area (TPSA) is 87.0 Å². The standard InChI is InChI=1S/C18H18N2O3S2/c19-11-15-14-9-5-2-6-10-16(14)24-18(15)20-17(21)12-25(22,23)13-7-3-1-4-8-13/h1,3-4,7-8H,2,5-6,9-10,12H2,(H,20,21). The van der Waals surface area contributed by atoms with E-state index in [1.54, 1.807) is 18.2 Å². The number of sulfone groups is 1. The van der Waals surface area contributed by atoms with Gasteiger partial charge < -0.3 is 5.32 Å². The molecule has 0 bridgehead atoms. The molecule has 1 amide bonds. The van der Waals surface area contributed by atoms with Crippen LogP contribution in [0, 0.1) is 11.3 Å². The van der Waals surface area contributed by atoms with Crippen molar-refractivity contribution < 1.29 is 13.2 Å². The summed E-state index contributed by atoms with van der Waals surface area (Å²) in [6.45, 7) is 0. The van der Waals surface area contributed by atoms with E-state index in [0.717, 1.165) is 42.5 Å². The largest absolute Gasteiger partial charge is 0.316 e. The number of fused-ring (bicyclic) bond motifs is 1. The van der Waals surface area contributed by atoms with E-state index in [1.807, 2.05) is 0 Å². The van der Waals surface area contributed by atoms with E-state index < -0.39 is 21.5 Å². The summed E-state index contributed by atoms with van der Waals surface area (Å²) in [6.07, 6.45) is 5.01. The highest BCUT2D eigenvalue weighted by molar-refractivity contribution is 7.92. The molecule has 1 aromatic heterocycles. The minimum absolute atomic E-state index is 0.118. The second-order valence-corrected chi connectivity index (χ2v) is 9.10. The van der Waals surface area contributed by atoms with Crippen LogP contribution in [0.3, 0.4) is 0 Å². The molecule has 25 heavy (non-hydrogen) atoms. The van der Waals surface area contributed by atoms with Gasteiger partial charge in [0.2, 0.25) is 5.91 Å². The summed E-state index contributed by atoms with van der Waals surface area (Å²) in [5, 5.41) is 12.6. The van der Waals surface area contributed by atoms with Gasteiger partial charge in [-0.15, -0.1) is 11.3 Å². The zero-order valence-electron chi connectivity index (χ0n) is 13.6. The molecule has 2 aromatic rings. The average Bonchev–Trinajstić information content (AvgIpc) is 2.75. The zero-order chi connectivity index (χ0) is 17.9. The van der Waals surface area contributed by atoms with E-state index in [0.29, 0.717) is 10.6 Å². The molecule has 1 aliphatic rings. The summed E-state index contributed by atoms with van der Waals surface area (Å²) in [5.74, 6) is -1.25. The zero-order valence-corrected chi connectivity index (χ0v) is 15.3. The maximum atomic E-state index is 12.3. The van der Waals surface area contributed by atoms with Gasteiger partial charge in [0, 0.05) is 4.88 Å². The number of nitriles is 1. The lowest BCUT2D eigenvalue weighted by Gasteiger charge is -2.06. The Morgan fingerprint density at radius 3 is 2.60 bits per heavy atom. The quantitative estimate of drug-likeness (QED) is 0.832. The van der Waals surface area contributed by atoms with Crippen molar-refractivity contribution in [1.82, 2.24) is 0 Å². The summed E-state index contributed by atoms with van der Waals surface area (Å²) in [4.78, 5) is 13.5. The molecule has 0 spiro atoms. The van der Waals surface area contributed by atoms with E-state index >= 15 is 0 Å². The fraction of sp³-hybridized carbons (Fsp3) is 0.333. The molecule has 0 saturated heterocycles. The Kier molecular flexibility index (Phi) is 5.21. The first-order chi connectivity index (χ1) is 12.0. The summed E-state index contributed by atoms with van der Waals surface area (Å²) >= 11 is 1.40. The van der Waals surface area contributed by atoms with Crippen molar-refractivity contribution in [2.45, 2.75) is 37.0 Å².